The second kappa shape index (κ2) is 8.02. The number of para-hydroxylation sites is 1. The van der Waals surface area contributed by atoms with Crippen molar-refractivity contribution in [1.29, 1.82) is 0 Å². The van der Waals surface area contributed by atoms with E-state index >= 15 is 0 Å². The average molecular weight is 418 g/mol. The predicted octanol–water partition coefficient (Wildman–Crippen LogP) is 1.66. The van der Waals surface area contributed by atoms with Crippen molar-refractivity contribution in [2.24, 2.45) is 0 Å². The van der Waals surface area contributed by atoms with Crippen LogP contribution in [0.3, 0.4) is 0 Å². The molecule has 154 valence electrons. The maximum absolute atomic E-state index is 12.9. The largest absolute Gasteiger partial charge is 0.495 e. The first-order valence-electron chi connectivity index (χ1n) is 9.30. The summed E-state index contributed by atoms with van der Waals surface area (Å²) in [5.74, 6) is 0.693. The fourth-order valence-electron chi connectivity index (χ4n) is 3.42. The molecule has 2 heterocycles. The zero-order valence-electron chi connectivity index (χ0n) is 16.0. The number of hydrogen-bond acceptors (Lipinski definition) is 6. The highest BCUT2D eigenvalue weighted by atomic mass is 32.2. The second-order valence-electron chi connectivity index (χ2n) is 6.79. The molecule has 0 saturated carbocycles. The Morgan fingerprint density at radius 2 is 1.93 bits per heavy atom. The second-order valence-corrected chi connectivity index (χ2v) is 8.72. The van der Waals surface area contributed by atoms with Crippen LogP contribution in [0.5, 0.6) is 11.5 Å². The highest BCUT2D eigenvalue weighted by molar-refractivity contribution is 7.89. The molecule has 1 N–H and O–H groups in total. The van der Waals surface area contributed by atoms with Gasteiger partial charge in [0.15, 0.2) is 6.10 Å². The van der Waals surface area contributed by atoms with E-state index in [1.165, 1.54) is 29.6 Å². The summed E-state index contributed by atoms with van der Waals surface area (Å²) in [6.45, 7) is 1.31. The zero-order chi connectivity index (χ0) is 20.4. The van der Waals surface area contributed by atoms with E-state index in [2.05, 4.69) is 5.32 Å². The van der Waals surface area contributed by atoms with Gasteiger partial charge in [-0.05, 0) is 29.8 Å². The van der Waals surface area contributed by atoms with Crippen LogP contribution < -0.4 is 14.8 Å². The first kappa shape index (κ1) is 19.7. The van der Waals surface area contributed by atoms with Gasteiger partial charge in [0.2, 0.25) is 10.0 Å². The Morgan fingerprint density at radius 1 is 1.17 bits per heavy atom. The number of nitrogens with zero attached hydrogens (tertiary/aromatic N) is 1. The number of anilines is 1. The van der Waals surface area contributed by atoms with Crippen molar-refractivity contribution in [3.63, 3.8) is 0 Å². The molecule has 0 bridgehead atoms. The van der Waals surface area contributed by atoms with Crippen molar-refractivity contribution < 1.29 is 27.4 Å². The Labute approximate surface area is 169 Å². The third-order valence-corrected chi connectivity index (χ3v) is 6.87. The van der Waals surface area contributed by atoms with Gasteiger partial charge in [0.25, 0.3) is 5.91 Å². The number of carbonyl (C=O) groups excluding carboxylic acids is 1. The van der Waals surface area contributed by atoms with E-state index in [0.717, 1.165) is 5.56 Å². The van der Waals surface area contributed by atoms with Gasteiger partial charge in [-0.25, -0.2) is 8.42 Å². The topological polar surface area (TPSA) is 94.2 Å². The number of hydrogen-bond donors (Lipinski definition) is 1. The van der Waals surface area contributed by atoms with Crippen LogP contribution in [-0.4, -0.2) is 58.1 Å². The Hall–Kier alpha value is -2.62. The quantitative estimate of drug-likeness (QED) is 0.794. The molecule has 2 aromatic rings. The summed E-state index contributed by atoms with van der Waals surface area (Å²) in [4.78, 5) is 12.8. The number of benzene rings is 2. The minimum atomic E-state index is -3.69. The van der Waals surface area contributed by atoms with Gasteiger partial charge < -0.3 is 19.5 Å². The van der Waals surface area contributed by atoms with Gasteiger partial charge in [-0.1, -0.05) is 18.2 Å². The number of nitrogens with one attached hydrogen (secondary N) is 1. The lowest BCUT2D eigenvalue weighted by Crippen LogP contribution is -2.40. The molecule has 29 heavy (non-hydrogen) atoms. The Balaban J connectivity index is 1.55. The molecule has 0 spiro atoms. The molecule has 4 rings (SSSR count). The normalized spacial score (nSPS) is 19.3. The first-order chi connectivity index (χ1) is 14.0. The van der Waals surface area contributed by atoms with Crippen LogP contribution in [0.1, 0.15) is 5.56 Å². The van der Waals surface area contributed by atoms with Crippen molar-refractivity contribution in [2.45, 2.75) is 17.4 Å². The number of rotatable bonds is 5. The molecule has 0 aliphatic carbocycles. The van der Waals surface area contributed by atoms with Crippen LogP contribution in [0.25, 0.3) is 0 Å². The highest BCUT2D eigenvalue weighted by Gasteiger charge is 2.31. The van der Waals surface area contributed by atoms with Crippen LogP contribution in [-0.2, 0) is 26.0 Å². The molecule has 1 amide bonds. The van der Waals surface area contributed by atoms with Crippen molar-refractivity contribution in [3.05, 3.63) is 48.0 Å². The summed E-state index contributed by atoms with van der Waals surface area (Å²) in [6.07, 6.45) is -0.229. The SMILES string of the molecule is COc1ccc(S(=O)(=O)N2CCOCC2)cc1NC(=O)[C@@H]1Cc2ccccc2O1. The van der Waals surface area contributed by atoms with Crippen LogP contribution >= 0.6 is 0 Å². The molecular weight excluding hydrogens is 396 g/mol. The van der Waals surface area contributed by atoms with E-state index in [1.807, 2.05) is 24.3 Å². The third kappa shape index (κ3) is 3.93. The van der Waals surface area contributed by atoms with Gasteiger partial charge in [-0.2, -0.15) is 4.31 Å². The molecule has 2 aliphatic rings. The molecule has 8 nitrogen and oxygen atoms in total. The standard InChI is InChI=1S/C20H22N2O6S/c1-26-18-7-6-15(29(24,25)22-8-10-27-11-9-22)13-16(18)21-20(23)19-12-14-4-2-3-5-17(14)28-19/h2-7,13,19H,8-12H2,1H3,(H,21,23)/t19-/m0/s1. The van der Waals surface area contributed by atoms with Crippen molar-refractivity contribution in [1.82, 2.24) is 4.31 Å². The number of sulfonamides is 1. The summed E-state index contributed by atoms with van der Waals surface area (Å²) in [5.41, 5.74) is 1.25. The van der Waals surface area contributed by atoms with Crippen molar-refractivity contribution in [3.8, 4) is 11.5 Å². The highest BCUT2D eigenvalue weighted by Crippen LogP contribution is 2.32. The summed E-state index contributed by atoms with van der Waals surface area (Å²) < 4.78 is 43.5. The van der Waals surface area contributed by atoms with E-state index < -0.39 is 16.1 Å². The van der Waals surface area contributed by atoms with Gasteiger partial charge in [0.05, 0.1) is 30.9 Å². The number of methoxy groups -OCH3 is 1. The summed E-state index contributed by atoms with van der Waals surface area (Å²) in [7, 11) is -2.23. The summed E-state index contributed by atoms with van der Waals surface area (Å²) in [5, 5.41) is 2.76. The fraction of sp³-hybridized carbons (Fsp3) is 0.350. The molecule has 0 aromatic heterocycles. The maximum Gasteiger partial charge on any atom is 0.265 e. The third-order valence-electron chi connectivity index (χ3n) is 4.98. The van der Waals surface area contributed by atoms with Gasteiger partial charge in [-0.15, -0.1) is 0 Å². The van der Waals surface area contributed by atoms with Gasteiger partial charge in [0, 0.05) is 19.5 Å². The van der Waals surface area contributed by atoms with Crippen LogP contribution in [0, 0.1) is 0 Å². The first-order valence-corrected chi connectivity index (χ1v) is 10.7. The van der Waals surface area contributed by atoms with Crippen molar-refractivity contribution >= 4 is 21.6 Å². The van der Waals surface area contributed by atoms with Crippen LogP contribution in [0.15, 0.2) is 47.4 Å². The maximum atomic E-state index is 12.9. The van der Waals surface area contributed by atoms with E-state index in [0.29, 0.717) is 44.2 Å². The number of morpholine rings is 1. The molecule has 1 atom stereocenters. The number of ether oxygens (including phenoxy) is 3. The Bertz CT molecular complexity index is 992. The lowest BCUT2D eigenvalue weighted by atomic mass is 10.1. The molecule has 0 radical (unpaired) electrons. The predicted molar refractivity (Wildman–Crippen MR) is 106 cm³/mol. The molecule has 0 unspecified atom stereocenters. The van der Waals surface area contributed by atoms with Gasteiger partial charge in [-0.3, -0.25) is 4.79 Å². The van der Waals surface area contributed by atoms with E-state index in [-0.39, 0.29) is 16.5 Å². The lowest BCUT2D eigenvalue weighted by molar-refractivity contribution is -0.122. The van der Waals surface area contributed by atoms with Gasteiger partial charge in [0.1, 0.15) is 11.5 Å². The summed E-state index contributed by atoms with van der Waals surface area (Å²) >= 11 is 0. The Kier molecular flexibility index (Phi) is 5.44. The number of amides is 1. The molecular formula is C20H22N2O6S. The smallest absolute Gasteiger partial charge is 0.265 e. The minimum Gasteiger partial charge on any atom is -0.495 e. The van der Waals surface area contributed by atoms with E-state index in [9.17, 15) is 13.2 Å². The summed E-state index contributed by atoms with van der Waals surface area (Å²) in [6, 6.07) is 11.9. The van der Waals surface area contributed by atoms with Gasteiger partial charge >= 0.3 is 0 Å². The molecule has 9 heteroatoms. The Morgan fingerprint density at radius 3 is 2.66 bits per heavy atom. The van der Waals surface area contributed by atoms with Crippen LogP contribution in [0.2, 0.25) is 0 Å². The number of fused-ring (bicyclic) bond motifs is 1. The van der Waals surface area contributed by atoms with Crippen molar-refractivity contribution in [2.75, 3.05) is 38.7 Å². The van der Waals surface area contributed by atoms with Crippen LogP contribution in [0.4, 0.5) is 5.69 Å². The average Bonchev–Trinajstić information content (AvgIpc) is 3.19. The number of carbonyl (C=O) groups is 1. The minimum absolute atomic E-state index is 0.0890. The van der Waals surface area contributed by atoms with E-state index in [4.69, 9.17) is 14.2 Å². The molecule has 2 aliphatic heterocycles. The fourth-order valence-corrected chi connectivity index (χ4v) is 4.86. The molecule has 1 fully saturated rings. The molecule has 2 aromatic carbocycles. The van der Waals surface area contributed by atoms with E-state index in [1.54, 1.807) is 0 Å². The monoisotopic (exact) mass is 418 g/mol. The lowest BCUT2D eigenvalue weighted by Gasteiger charge is -2.26. The molecule has 1 saturated heterocycles. The zero-order valence-corrected chi connectivity index (χ0v) is 16.8.